The van der Waals surface area contributed by atoms with E-state index in [1.54, 1.807) is 0 Å². The normalized spacial score (nSPS) is 11.8. The summed E-state index contributed by atoms with van der Waals surface area (Å²) in [5.74, 6) is 0. The minimum atomic E-state index is -0.181. The van der Waals surface area contributed by atoms with Crippen LogP contribution in [-0.2, 0) is 6.54 Å². The van der Waals surface area contributed by atoms with Crippen LogP contribution in [0.2, 0.25) is 0 Å². The maximum absolute atomic E-state index is 9.00. The predicted molar refractivity (Wildman–Crippen MR) is 62.2 cm³/mol. The Kier molecular flexibility index (Phi) is 5.05. The summed E-state index contributed by atoms with van der Waals surface area (Å²) in [5.41, 5.74) is 1.18. The van der Waals surface area contributed by atoms with E-state index >= 15 is 0 Å². The molecule has 1 rings (SSSR count). The average Bonchev–Trinajstić information content (AvgIpc) is 2.31. The van der Waals surface area contributed by atoms with Gasteiger partial charge in [-0.3, -0.25) is 4.90 Å². The first-order valence-corrected chi connectivity index (χ1v) is 5.28. The second-order valence-electron chi connectivity index (χ2n) is 3.74. The third-order valence-corrected chi connectivity index (χ3v) is 2.49. The summed E-state index contributed by atoms with van der Waals surface area (Å²) < 4.78 is 0. The molecule has 0 bridgehead atoms. The summed E-state index contributed by atoms with van der Waals surface area (Å²) >= 11 is 0. The molecule has 0 saturated heterocycles. The number of hydrogen-bond acceptors (Lipinski definition) is 3. The number of nitriles is 2. The molecule has 0 radical (unpaired) electrons. The molecule has 0 aromatic heterocycles. The van der Waals surface area contributed by atoms with E-state index in [1.807, 2.05) is 42.3 Å². The highest BCUT2D eigenvalue weighted by atomic mass is 15.1. The topological polar surface area (TPSA) is 50.8 Å². The third kappa shape index (κ3) is 3.73. The highest BCUT2D eigenvalue weighted by Crippen LogP contribution is 2.09. The van der Waals surface area contributed by atoms with Gasteiger partial charge < -0.3 is 0 Å². The molecule has 1 atom stereocenters. The molecule has 0 aliphatic carbocycles. The van der Waals surface area contributed by atoms with E-state index in [1.165, 1.54) is 5.56 Å². The SMILES string of the molecule is CN(Cc1ccccc1)C(C#N)CCC#N. The molecule has 1 aromatic carbocycles. The highest BCUT2D eigenvalue weighted by Gasteiger charge is 2.13. The maximum Gasteiger partial charge on any atom is 0.0988 e. The lowest BCUT2D eigenvalue weighted by Crippen LogP contribution is -2.29. The van der Waals surface area contributed by atoms with Crippen LogP contribution in [-0.4, -0.2) is 18.0 Å². The Balaban J connectivity index is 2.54. The van der Waals surface area contributed by atoms with Crippen LogP contribution in [0.1, 0.15) is 18.4 Å². The van der Waals surface area contributed by atoms with Crippen LogP contribution in [0.5, 0.6) is 0 Å². The Morgan fingerprint density at radius 1 is 1.25 bits per heavy atom. The lowest BCUT2D eigenvalue weighted by molar-refractivity contribution is 0.269. The minimum absolute atomic E-state index is 0.181. The fourth-order valence-corrected chi connectivity index (χ4v) is 1.57. The second-order valence-corrected chi connectivity index (χ2v) is 3.74. The van der Waals surface area contributed by atoms with Crippen LogP contribution >= 0.6 is 0 Å². The van der Waals surface area contributed by atoms with Gasteiger partial charge in [-0.15, -0.1) is 0 Å². The van der Waals surface area contributed by atoms with E-state index in [0.29, 0.717) is 12.8 Å². The molecular weight excluding hydrogens is 198 g/mol. The smallest absolute Gasteiger partial charge is 0.0988 e. The Bertz CT molecular complexity index is 386. The van der Waals surface area contributed by atoms with Crippen LogP contribution in [0.3, 0.4) is 0 Å². The van der Waals surface area contributed by atoms with Gasteiger partial charge in [-0.05, 0) is 19.0 Å². The molecular formula is C13H15N3. The van der Waals surface area contributed by atoms with Gasteiger partial charge in [0.2, 0.25) is 0 Å². The van der Waals surface area contributed by atoms with E-state index < -0.39 is 0 Å². The van der Waals surface area contributed by atoms with Crippen molar-refractivity contribution in [3.8, 4) is 12.1 Å². The van der Waals surface area contributed by atoms with Crippen LogP contribution in [0, 0.1) is 22.7 Å². The first-order valence-electron chi connectivity index (χ1n) is 5.28. The number of benzene rings is 1. The van der Waals surface area contributed by atoms with Gasteiger partial charge in [0.25, 0.3) is 0 Å². The van der Waals surface area contributed by atoms with E-state index in [0.717, 1.165) is 6.54 Å². The third-order valence-electron chi connectivity index (χ3n) is 2.49. The van der Waals surface area contributed by atoms with Crippen molar-refractivity contribution in [3.05, 3.63) is 35.9 Å². The number of rotatable bonds is 5. The lowest BCUT2D eigenvalue weighted by atomic mass is 10.1. The van der Waals surface area contributed by atoms with Gasteiger partial charge in [0, 0.05) is 13.0 Å². The van der Waals surface area contributed by atoms with Gasteiger partial charge in [-0.1, -0.05) is 30.3 Å². The highest BCUT2D eigenvalue weighted by molar-refractivity contribution is 5.14. The molecule has 0 heterocycles. The van der Waals surface area contributed by atoms with Crippen molar-refractivity contribution in [1.29, 1.82) is 10.5 Å². The molecule has 3 nitrogen and oxygen atoms in total. The average molecular weight is 213 g/mol. The Labute approximate surface area is 96.5 Å². The largest absolute Gasteiger partial charge is 0.287 e. The van der Waals surface area contributed by atoms with Gasteiger partial charge in [0.15, 0.2) is 0 Å². The van der Waals surface area contributed by atoms with Crippen molar-refractivity contribution in [2.45, 2.75) is 25.4 Å². The zero-order valence-electron chi connectivity index (χ0n) is 9.43. The molecule has 0 aliphatic heterocycles. The van der Waals surface area contributed by atoms with Gasteiger partial charge in [-0.25, -0.2) is 0 Å². The predicted octanol–water partition coefficient (Wildman–Crippen LogP) is 2.31. The molecule has 1 aromatic rings. The molecule has 0 N–H and O–H groups in total. The minimum Gasteiger partial charge on any atom is -0.287 e. The molecule has 16 heavy (non-hydrogen) atoms. The fraction of sp³-hybridized carbons (Fsp3) is 0.385. The molecule has 0 fully saturated rings. The first-order chi connectivity index (χ1) is 7.77. The maximum atomic E-state index is 9.00. The van der Waals surface area contributed by atoms with Gasteiger partial charge in [0.1, 0.15) is 0 Å². The molecule has 1 unspecified atom stereocenters. The Morgan fingerprint density at radius 3 is 2.50 bits per heavy atom. The Hall–Kier alpha value is -1.84. The fourth-order valence-electron chi connectivity index (χ4n) is 1.57. The monoisotopic (exact) mass is 213 g/mol. The van der Waals surface area contributed by atoms with E-state index in [2.05, 4.69) is 12.1 Å². The summed E-state index contributed by atoms with van der Waals surface area (Å²) in [4.78, 5) is 1.98. The van der Waals surface area contributed by atoms with Crippen molar-refractivity contribution >= 4 is 0 Å². The van der Waals surface area contributed by atoms with E-state index in [4.69, 9.17) is 10.5 Å². The zero-order chi connectivity index (χ0) is 11.8. The molecule has 0 saturated carbocycles. The van der Waals surface area contributed by atoms with Crippen LogP contribution in [0.15, 0.2) is 30.3 Å². The standard InChI is InChI=1S/C13H15N3/c1-16(13(10-15)8-5-9-14)11-12-6-3-2-4-7-12/h2-4,6-7,13H,5,8,11H2,1H3. The van der Waals surface area contributed by atoms with Crippen molar-refractivity contribution in [2.75, 3.05) is 7.05 Å². The summed E-state index contributed by atoms with van der Waals surface area (Å²) in [6.07, 6.45) is 1.04. The molecule has 0 aliphatic rings. The van der Waals surface area contributed by atoms with Crippen molar-refractivity contribution < 1.29 is 0 Å². The van der Waals surface area contributed by atoms with E-state index in [9.17, 15) is 0 Å². The summed E-state index contributed by atoms with van der Waals surface area (Å²) in [6.45, 7) is 0.741. The number of nitrogens with zero attached hydrogens (tertiary/aromatic N) is 3. The summed E-state index contributed by atoms with van der Waals surface area (Å²) in [5, 5.41) is 17.5. The summed E-state index contributed by atoms with van der Waals surface area (Å²) in [7, 11) is 1.91. The van der Waals surface area contributed by atoms with E-state index in [-0.39, 0.29) is 6.04 Å². The molecule has 0 amide bonds. The van der Waals surface area contributed by atoms with Crippen molar-refractivity contribution in [2.24, 2.45) is 0 Å². The van der Waals surface area contributed by atoms with Crippen molar-refractivity contribution in [3.63, 3.8) is 0 Å². The molecule has 0 spiro atoms. The van der Waals surface area contributed by atoms with Crippen LogP contribution in [0.25, 0.3) is 0 Å². The quantitative estimate of drug-likeness (QED) is 0.754. The first kappa shape index (κ1) is 12.2. The Morgan fingerprint density at radius 2 is 1.94 bits per heavy atom. The zero-order valence-corrected chi connectivity index (χ0v) is 9.43. The molecule has 82 valence electrons. The van der Waals surface area contributed by atoms with Crippen LogP contribution < -0.4 is 0 Å². The second kappa shape index (κ2) is 6.61. The van der Waals surface area contributed by atoms with Crippen LogP contribution in [0.4, 0.5) is 0 Å². The molecule has 3 heteroatoms. The van der Waals surface area contributed by atoms with Crippen molar-refractivity contribution in [1.82, 2.24) is 4.90 Å². The van der Waals surface area contributed by atoms with Gasteiger partial charge >= 0.3 is 0 Å². The van der Waals surface area contributed by atoms with Gasteiger partial charge in [-0.2, -0.15) is 10.5 Å². The lowest BCUT2D eigenvalue weighted by Gasteiger charge is -2.21. The van der Waals surface area contributed by atoms with Gasteiger partial charge in [0.05, 0.1) is 18.2 Å². The number of hydrogen-bond donors (Lipinski definition) is 0. The summed E-state index contributed by atoms with van der Waals surface area (Å²) in [6, 6.07) is 14.1.